The highest BCUT2D eigenvalue weighted by atomic mass is 32.2. The van der Waals surface area contributed by atoms with E-state index in [1.807, 2.05) is 16.7 Å². The van der Waals surface area contributed by atoms with Crippen LogP contribution in [-0.2, 0) is 17.0 Å². The van der Waals surface area contributed by atoms with E-state index >= 15 is 0 Å². The summed E-state index contributed by atoms with van der Waals surface area (Å²) in [5, 5.41) is 9.35. The zero-order valence-corrected chi connectivity index (χ0v) is 15.4. The first-order valence-electron chi connectivity index (χ1n) is 8.16. The number of benzene rings is 1. The molecule has 0 radical (unpaired) electrons. The third kappa shape index (κ3) is 5.24. The number of pyridine rings is 1. The minimum Gasteiger partial charge on any atom is -0.435 e. The largest absolute Gasteiger partial charge is 0.435 e. The second kappa shape index (κ2) is 9.43. The summed E-state index contributed by atoms with van der Waals surface area (Å²) in [6.45, 7) is -1.68. The van der Waals surface area contributed by atoms with E-state index in [2.05, 4.69) is 19.9 Å². The van der Waals surface area contributed by atoms with Crippen molar-refractivity contribution >= 4 is 11.8 Å². The van der Waals surface area contributed by atoms with Crippen LogP contribution in [0.25, 0.3) is 11.4 Å². The van der Waals surface area contributed by atoms with Gasteiger partial charge in [-0.15, -0.1) is 10.2 Å². The molecule has 0 aliphatic rings. The van der Waals surface area contributed by atoms with Gasteiger partial charge in [-0.1, -0.05) is 23.9 Å². The molecule has 0 spiro atoms. The number of alkyl halides is 2. The summed E-state index contributed by atoms with van der Waals surface area (Å²) < 4.78 is 36.0. The summed E-state index contributed by atoms with van der Waals surface area (Å²) >= 11 is 1.52. The molecule has 0 aliphatic heterocycles. The fourth-order valence-electron chi connectivity index (χ4n) is 2.41. The molecule has 0 fully saturated rings. The van der Waals surface area contributed by atoms with Crippen molar-refractivity contribution < 1.29 is 18.3 Å². The highest BCUT2D eigenvalue weighted by Crippen LogP contribution is 2.27. The van der Waals surface area contributed by atoms with E-state index in [0.29, 0.717) is 18.9 Å². The average molecular weight is 392 g/mol. The highest BCUT2D eigenvalue weighted by molar-refractivity contribution is 7.98. The van der Waals surface area contributed by atoms with Crippen molar-refractivity contribution in [2.45, 2.75) is 24.1 Å². The topological polar surface area (TPSA) is 62.1 Å². The molecule has 2 aromatic heterocycles. The fraction of sp³-hybridized carbons (Fsp3) is 0.278. The Kier molecular flexibility index (Phi) is 6.72. The number of rotatable bonds is 9. The Bertz CT molecular complexity index is 844. The van der Waals surface area contributed by atoms with Crippen LogP contribution in [-0.4, -0.2) is 40.1 Å². The number of nitrogens with zero attached hydrogens (tertiary/aromatic N) is 4. The number of methoxy groups -OCH3 is 1. The van der Waals surface area contributed by atoms with E-state index in [0.717, 1.165) is 22.1 Å². The van der Waals surface area contributed by atoms with E-state index in [9.17, 15) is 8.78 Å². The predicted octanol–water partition coefficient (Wildman–Crippen LogP) is 3.88. The van der Waals surface area contributed by atoms with E-state index in [-0.39, 0.29) is 5.75 Å². The van der Waals surface area contributed by atoms with E-state index in [1.165, 1.54) is 23.9 Å². The van der Waals surface area contributed by atoms with Gasteiger partial charge in [-0.25, -0.2) is 0 Å². The number of halogens is 2. The molecule has 0 unspecified atom stereocenters. The van der Waals surface area contributed by atoms with Gasteiger partial charge in [-0.05, 0) is 29.8 Å². The maximum absolute atomic E-state index is 12.2. The summed E-state index contributed by atoms with van der Waals surface area (Å²) in [6, 6.07) is 10.3. The maximum atomic E-state index is 12.2. The van der Waals surface area contributed by atoms with Crippen molar-refractivity contribution in [3.05, 3.63) is 54.4 Å². The van der Waals surface area contributed by atoms with Gasteiger partial charge in [-0.3, -0.25) is 9.55 Å². The minimum atomic E-state index is -2.82. The van der Waals surface area contributed by atoms with Crippen molar-refractivity contribution in [1.82, 2.24) is 19.7 Å². The van der Waals surface area contributed by atoms with Crippen LogP contribution in [0.5, 0.6) is 5.75 Å². The molecule has 1 aromatic carbocycles. The molecule has 0 saturated carbocycles. The van der Waals surface area contributed by atoms with Crippen LogP contribution < -0.4 is 4.74 Å². The normalized spacial score (nSPS) is 11.1. The molecule has 2 heterocycles. The van der Waals surface area contributed by atoms with E-state index in [1.54, 1.807) is 31.6 Å². The molecular weight excluding hydrogens is 374 g/mol. The molecule has 142 valence electrons. The average Bonchev–Trinajstić information content (AvgIpc) is 3.09. The molecule has 0 amide bonds. The molecular formula is C18H18F2N4O2S. The summed E-state index contributed by atoms with van der Waals surface area (Å²) in [7, 11) is 1.65. The lowest BCUT2D eigenvalue weighted by molar-refractivity contribution is -0.0498. The molecule has 0 bridgehead atoms. The van der Waals surface area contributed by atoms with Gasteiger partial charge in [0.1, 0.15) is 5.75 Å². The molecule has 3 rings (SSSR count). The lowest BCUT2D eigenvalue weighted by atomic mass is 10.2. The number of hydrogen-bond donors (Lipinski definition) is 0. The van der Waals surface area contributed by atoms with Crippen LogP contribution >= 0.6 is 11.8 Å². The number of hydrogen-bond acceptors (Lipinski definition) is 6. The first-order valence-corrected chi connectivity index (χ1v) is 9.15. The van der Waals surface area contributed by atoms with Gasteiger partial charge in [0.15, 0.2) is 11.0 Å². The summed E-state index contributed by atoms with van der Waals surface area (Å²) in [4.78, 5) is 4.03. The summed E-state index contributed by atoms with van der Waals surface area (Å²) in [6.07, 6.45) is 3.42. The maximum Gasteiger partial charge on any atom is 0.387 e. The van der Waals surface area contributed by atoms with Crippen LogP contribution in [0.4, 0.5) is 8.78 Å². The van der Waals surface area contributed by atoms with Crippen molar-refractivity contribution in [1.29, 1.82) is 0 Å². The number of thioether (sulfide) groups is 1. The minimum absolute atomic E-state index is 0.141. The van der Waals surface area contributed by atoms with Crippen LogP contribution in [0.1, 0.15) is 5.56 Å². The molecule has 0 aliphatic carbocycles. The number of ether oxygens (including phenoxy) is 2. The van der Waals surface area contributed by atoms with Gasteiger partial charge in [0, 0.05) is 30.8 Å². The van der Waals surface area contributed by atoms with Crippen LogP contribution in [0.15, 0.2) is 53.9 Å². The molecule has 0 atom stereocenters. The van der Waals surface area contributed by atoms with Gasteiger partial charge >= 0.3 is 6.61 Å². The molecule has 0 saturated heterocycles. The Labute approximate surface area is 159 Å². The summed E-state index contributed by atoms with van der Waals surface area (Å²) in [5.74, 6) is 1.51. The fourth-order valence-corrected chi connectivity index (χ4v) is 3.33. The van der Waals surface area contributed by atoms with Gasteiger partial charge in [0.2, 0.25) is 0 Å². The number of aromatic nitrogens is 4. The molecule has 0 N–H and O–H groups in total. The SMILES string of the molecule is COCCn1c(SCc2ccc(OC(F)F)cc2)nnc1-c1ccncc1. The zero-order chi connectivity index (χ0) is 19.1. The Balaban J connectivity index is 1.73. The monoisotopic (exact) mass is 392 g/mol. The van der Waals surface area contributed by atoms with Crippen LogP contribution in [0, 0.1) is 0 Å². The van der Waals surface area contributed by atoms with Crippen molar-refractivity contribution in [2.24, 2.45) is 0 Å². The van der Waals surface area contributed by atoms with Crippen LogP contribution in [0.3, 0.4) is 0 Å². The second-order valence-electron chi connectivity index (χ2n) is 5.50. The Hall–Kier alpha value is -2.52. The summed E-state index contributed by atoms with van der Waals surface area (Å²) in [5.41, 5.74) is 1.89. The lowest BCUT2D eigenvalue weighted by Crippen LogP contribution is -2.07. The van der Waals surface area contributed by atoms with E-state index < -0.39 is 6.61 Å². The Morgan fingerprint density at radius 1 is 1.07 bits per heavy atom. The predicted molar refractivity (Wildman–Crippen MR) is 97.8 cm³/mol. The zero-order valence-electron chi connectivity index (χ0n) is 14.6. The van der Waals surface area contributed by atoms with Gasteiger partial charge in [0.05, 0.1) is 13.2 Å². The van der Waals surface area contributed by atoms with Gasteiger partial charge in [0.25, 0.3) is 0 Å². The smallest absolute Gasteiger partial charge is 0.387 e. The standard InChI is InChI=1S/C18H18F2N4O2S/c1-25-11-10-24-16(14-6-8-21-9-7-14)22-23-18(24)27-12-13-2-4-15(5-3-13)26-17(19)20/h2-9,17H,10-12H2,1H3. The second-order valence-corrected chi connectivity index (χ2v) is 6.44. The Morgan fingerprint density at radius 3 is 2.48 bits per heavy atom. The van der Waals surface area contributed by atoms with Crippen molar-refractivity contribution in [3.8, 4) is 17.1 Å². The molecule has 9 heteroatoms. The van der Waals surface area contributed by atoms with Gasteiger partial charge in [-0.2, -0.15) is 8.78 Å². The lowest BCUT2D eigenvalue weighted by Gasteiger charge is -2.10. The third-order valence-corrected chi connectivity index (χ3v) is 4.73. The molecule has 6 nitrogen and oxygen atoms in total. The van der Waals surface area contributed by atoms with Crippen LogP contribution in [0.2, 0.25) is 0 Å². The van der Waals surface area contributed by atoms with Crippen molar-refractivity contribution in [2.75, 3.05) is 13.7 Å². The highest BCUT2D eigenvalue weighted by Gasteiger charge is 2.14. The first-order chi connectivity index (χ1) is 13.2. The molecule has 27 heavy (non-hydrogen) atoms. The van der Waals surface area contributed by atoms with Crippen molar-refractivity contribution in [3.63, 3.8) is 0 Å². The quantitative estimate of drug-likeness (QED) is 0.515. The van der Waals surface area contributed by atoms with Gasteiger partial charge < -0.3 is 9.47 Å². The molecule has 3 aromatic rings. The van der Waals surface area contributed by atoms with E-state index in [4.69, 9.17) is 4.74 Å². The first kappa shape index (κ1) is 19.2. The Morgan fingerprint density at radius 2 is 1.81 bits per heavy atom. The third-order valence-electron chi connectivity index (χ3n) is 3.69.